The first kappa shape index (κ1) is 29.7. The number of hydrogen-bond acceptors (Lipinski definition) is 9. The van der Waals surface area contributed by atoms with Gasteiger partial charge in [-0.3, -0.25) is 9.59 Å². The number of ether oxygens (including phenoxy) is 4. The molecule has 4 aromatic rings. The fourth-order valence-corrected chi connectivity index (χ4v) is 5.49. The summed E-state index contributed by atoms with van der Waals surface area (Å²) in [5.41, 5.74) is 3.59. The molecule has 0 radical (unpaired) electrons. The van der Waals surface area contributed by atoms with Crippen LogP contribution in [0.4, 0.5) is 5.69 Å². The molecule has 0 saturated carbocycles. The fourth-order valence-electron chi connectivity index (χ4n) is 4.66. The van der Waals surface area contributed by atoms with Gasteiger partial charge >= 0.3 is 0 Å². The van der Waals surface area contributed by atoms with Crippen LogP contribution in [0.15, 0.2) is 78.0 Å². The Hall–Kier alpha value is -4.77. The largest absolute Gasteiger partial charge is 0.497 e. The zero-order chi connectivity index (χ0) is 30.3. The van der Waals surface area contributed by atoms with Crippen LogP contribution in [0.1, 0.15) is 28.6 Å². The van der Waals surface area contributed by atoms with E-state index in [-0.39, 0.29) is 25.0 Å². The van der Waals surface area contributed by atoms with Crippen LogP contribution < -0.4 is 24.3 Å². The number of methoxy groups -OCH3 is 2. The Kier molecular flexibility index (Phi) is 9.31. The number of hydrogen-bond donors (Lipinski definition) is 1. The van der Waals surface area contributed by atoms with Crippen molar-refractivity contribution in [2.75, 3.05) is 32.1 Å². The SMILES string of the molecule is COc1ccc(CN(C(=O)CSc2nc(C)cc(C)n2)C(C(=O)Nc2ccc(OC)cc2)c2ccc3c(c2)OCO3)cc1. The number of thioether (sulfide) groups is 1. The zero-order valence-corrected chi connectivity index (χ0v) is 25.1. The topological polar surface area (TPSA) is 112 Å². The van der Waals surface area contributed by atoms with Gasteiger partial charge in [-0.15, -0.1) is 0 Å². The first-order chi connectivity index (χ1) is 20.8. The van der Waals surface area contributed by atoms with E-state index in [0.717, 1.165) is 17.0 Å². The third-order valence-electron chi connectivity index (χ3n) is 6.75. The third kappa shape index (κ3) is 7.36. The van der Waals surface area contributed by atoms with Gasteiger partial charge in [0.05, 0.1) is 20.0 Å². The first-order valence-electron chi connectivity index (χ1n) is 13.5. The van der Waals surface area contributed by atoms with Gasteiger partial charge in [-0.25, -0.2) is 9.97 Å². The van der Waals surface area contributed by atoms with Crippen LogP contribution in [0.2, 0.25) is 0 Å². The molecule has 2 heterocycles. The van der Waals surface area contributed by atoms with Gasteiger partial charge in [0, 0.05) is 23.6 Å². The zero-order valence-electron chi connectivity index (χ0n) is 24.3. The smallest absolute Gasteiger partial charge is 0.251 e. The van der Waals surface area contributed by atoms with E-state index in [2.05, 4.69) is 15.3 Å². The van der Waals surface area contributed by atoms with Crippen molar-refractivity contribution in [1.29, 1.82) is 0 Å². The van der Waals surface area contributed by atoms with Gasteiger partial charge < -0.3 is 29.2 Å². The van der Waals surface area contributed by atoms with Gasteiger partial charge in [0.1, 0.15) is 17.5 Å². The van der Waals surface area contributed by atoms with Crippen LogP contribution in [0.5, 0.6) is 23.0 Å². The highest BCUT2D eigenvalue weighted by atomic mass is 32.2. The molecule has 0 spiro atoms. The average molecular weight is 601 g/mol. The molecule has 1 N–H and O–H groups in total. The lowest BCUT2D eigenvalue weighted by molar-refractivity contribution is -0.137. The molecule has 2 amide bonds. The number of carbonyl (C=O) groups excluding carboxylic acids is 2. The standard InChI is InChI=1S/C32H32N4O6S/c1-20-15-21(2)34-32(33-20)43-18-29(37)36(17-22-5-10-25(39-3)11-6-22)30(23-7-14-27-28(16-23)42-19-41-27)31(38)35-24-8-12-26(40-4)13-9-24/h5-16,30H,17-19H2,1-4H3,(H,35,38). The first-order valence-corrected chi connectivity index (χ1v) is 14.5. The molecule has 43 heavy (non-hydrogen) atoms. The molecule has 5 rings (SSSR count). The van der Waals surface area contributed by atoms with Crippen LogP contribution in [0, 0.1) is 13.8 Å². The number of carbonyl (C=O) groups is 2. The Bertz CT molecular complexity index is 1580. The van der Waals surface area contributed by atoms with Crippen LogP contribution >= 0.6 is 11.8 Å². The molecule has 1 unspecified atom stereocenters. The number of aryl methyl sites for hydroxylation is 2. The van der Waals surface area contributed by atoms with Crippen molar-refractivity contribution in [3.63, 3.8) is 0 Å². The van der Waals surface area contributed by atoms with Gasteiger partial charge in [-0.1, -0.05) is 30.0 Å². The van der Waals surface area contributed by atoms with Crippen molar-refractivity contribution in [2.24, 2.45) is 0 Å². The Labute approximate surface area is 254 Å². The second-order valence-electron chi connectivity index (χ2n) is 9.82. The number of anilines is 1. The highest BCUT2D eigenvalue weighted by molar-refractivity contribution is 7.99. The lowest BCUT2D eigenvalue weighted by Crippen LogP contribution is -2.41. The number of fused-ring (bicyclic) bond motifs is 1. The molecular formula is C32H32N4O6S. The molecule has 1 aliphatic heterocycles. The maximum Gasteiger partial charge on any atom is 0.251 e. The highest BCUT2D eigenvalue weighted by Gasteiger charge is 2.33. The molecule has 1 aliphatic rings. The molecule has 0 aliphatic carbocycles. The molecule has 1 aromatic heterocycles. The molecule has 1 atom stereocenters. The summed E-state index contributed by atoms with van der Waals surface area (Å²) in [7, 11) is 3.17. The van der Waals surface area contributed by atoms with Crippen LogP contribution in [0.3, 0.4) is 0 Å². The summed E-state index contributed by atoms with van der Waals surface area (Å²) in [6, 6.07) is 20.5. The maximum absolute atomic E-state index is 14.1. The Balaban J connectivity index is 1.51. The van der Waals surface area contributed by atoms with Gasteiger partial charge in [0.15, 0.2) is 16.7 Å². The van der Waals surface area contributed by atoms with Gasteiger partial charge in [-0.2, -0.15) is 0 Å². The summed E-state index contributed by atoms with van der Waals surface area (Å²) in [6.45, 7) is 4.01. The molecule has 10 nitrogen and oxygen atoms in total. The van der Waals surface area contributed by atoms with E-state index in [1.807, 2.05) is 44.2 Å². The van der Waals surface area contributed by atoms with Gasteiger partial charge in [-0.05, 0) is 79.6 Å². The highest BCUT2D eigenvalue weighted by Crippen LogP contribution is 2.37. The average Bonchev–Trinajstić information content (AvgIpc) is 3.48. The van der Waals surface area contributed by atoms with Crippen molar-refractivity contribution >= 4 is 29.3 Å². The summed E-state index contributed by atoms with van der Waals surface area (Å²) in [4.78, 5) is 38.7. The second kappa shape index (κ2) is 13.5. The van der Waals surface area contributed by atoms with E-state index in [1.54, 1.807) is 61.6 Å². The lowest BCUT2D eigenvalue weighted by Gasteiger charge is -2.31. The Morgan fingerprint density at radius 1 is 0.884 bits per heavy atom. The number of amides is 2. The van der Waals surface area contributed by atoms with E-state index in [1.165, 1.54) is 11.8 Å². The van der Waals surface area contributed by atoms with Crippen LogP contribution in [-0.2, 0) is 16.1 Å². The van der Waals surface area contributed by atoms with E-state index >= 15 is 0 Å². The van der Waals surface area contributed by atoms with E-state index in [9.17, 15) is 9.59 Å². The Morgan fingerprint density at radius 2 is 1.51 bits per heavy atom. The van der Waals surface area contributed by atoms with Gasteiger partial charge in [0.2, 0.25) is 12.7 Å². The quantitative estimate of drug-likeness (QED) is 0.180. The van der Waals surface area contributed by atoms with Crippen molar-refractivity contribution < 1.29 is 28.5 Å². The minimum absolute atomic E-state index is 0.0237. The van der Waals surface area contributed by atoms with Crippen molar-refractivity contribution in [3.8, 4) is 23.0 Å². The summed E-state index contributed by atoms with van der Waals surface area (Å²) < 4.78 is 21.7. The predicted molar refractivity (Wildman–Crippen MR) is 163 cm³/mol. The maximum atomic E-state index is 14.1. The van der Waals surface area contributed by atoms with E-state index in [0.29, 0.717) is 39.4 Å². The second-order valence-corrected chi connectivity index (χ2v) is 10.8. The summed E-state index contributed by atoms with van der Waals surface area (Å²) >= 11 is 1.23. The van der Waals surface area contributed by atoms with E-state index < -0.39 is 11.9 Å². The van der Waals surface area contributed by atoms with Crippen LogP contribution in [-0.4, -0.2) is 53.4 Å². The molecule has 11 heteroatoms. The van der Waals surface area contributed by atoms with Crippen molar-refractivity contribution in [3.05, 3.63) is 95.3 Å². The number of nitrogens with zero attached hydrogens (tertiary/aromatic N) is 3. The normalized spacial score (nSPS) is 12.4. The summed E-state index contributed by atoms with van der Waals surface area (Å²) in [5.74, 6) is 1.80. The minimum Gasteiger partial charge on any atom is -0.497 e. The monoisotopic (exact) mass is 600 g/mol. The van der Waals surface area contributed by atoms with Crippen molar-refractivity contribution in [2.45, 2.75) is 31.6 Å². The number of aromatic nitrogens is 2. The predicted octanol–water partition coefficient (Wildman–Crippen LogP) is 5.34. The van der Waals surface area contributed by atoms with Crippen LogP contribution in [0.25, 0.3) is 0 Å². The molecule has 0 fully saturated rings. The third-order valence-corrected chi connectivity index (χ3v) is 7.58. The van der Waals surface area contributed by atoms with Gasteiger partial charge in [0.25, 0.3) is 5.91 Å². The Morgan fingerprint density at radius 3 is 2.16 bits per heavy atom. The summed E-state index contributed by atoms with van der Waals surface area (Å²) in [6.07, 6.45) is 0. The minimum atomic E-state index is -1.01. The summed E-state index contributed by atoms with van der Waals surface area (Å²) in [5, 5.41) is 3.47. The lowest BCUT2D eigenvalue weighted by atomic mass is 10.0. The number of benzene rings is 3. The molecule has 3 aromatic carbocycles. The van der Waals surface area contributed by atoms with E-state index in [4.69, 9.17) is 18.9 Å². The molecule has 0 saturated heterocycles. The molecule has 0 bridgehead atoms. The molecular weight excluding hydrogens is 568 g/mol. The number of nitrogens with one attached hydrogen (secondary N) is 1. The number of rotatable bonds is 11. The molecule has 222 valence electrons. The van der Waals surface area contributed by atoms with Crippen molar-refractivity contribution in [1.82, 2.24) is 14.9 Å². The fraction of sp³-hybridized carbons (Fsp3) is 0.250.